The molecule has 4 aromatic carbocycles. The molecule has 1 aromatic heterocycles. The Kier molecular flexibility index (Phi) is 9.68. The van der Waals surface area contributed by atoms with E-state index >= 15 is 0 Å². The van der Waals surface area contributed by atoms with E-state index in [4.69, 9.17) is 0 Å². The molecule has 0 unspecified atom stereocenters. The first-order valence-electron chi connectivity index (χ1n) is 16.9. The summed E-state index contributed by atoms with van der Waals surface area (Å²) in [4.78, 5) is 40.1. The summed E-state index contributed by atoms with van der Waals surface area (Å²) in [6.45, 7) is 5.57. The lowest BCUT2D eigenvalue weighted by Gasteiger charge is -2.40. The van der Waals surface area contributed by atoms with Crippen molar-refractivity contribution < 1.29 is 9.59 Å². The van der Waals surface area contributed by atoms with E-state index < -0.39 is 0 Å². The molecule has 0 N–H and O–H groups in total. The van der Waals surface area contributed by atoms with Crippen molar-refractivity contribution in [1.29, 1.82) is 0 Å². The Hall–Kier alpha value is -5.11. The first-order valence-corrected chi connectivity index (χ1v) is 16.9. The lowest BCUT2D eigenvalue weighted by atomic mass is 9.96. The van der Waals surface area contributed by atoms with Crippen LogP contribution in [0.25, 0.3) is 0 Å². The van der Waals surface area contributed by atoms with Crippen LogP contribution < -0.4 is 0 Å². The molecule has 7 nitrogen and oxygen atoms in total. The summed E-state index contributed by atoms with van der Waals surface area (Å²) >= 11 is 0. The van der Waals surface area contributed by atoms with Crippen LogP contribution in [0.4, 0.5) is 0 Å². The number of aromatic nitrogens is 1. The Balaban J connectivity index is 0.960. The molecular weight excluding hydrogens is 594 g/mol. The van der Waals surface area contributed by atoms with Crippen LogP contribution in [0, 0.1) is 0 Å². The Labute approximate surface area is 283 Å². The van der Waals surface area contributed by atoms with Gasteiger partial charge in [0.05, 0.1) is 17.6 Å². The van der Waals surface area contributed by atoms with Crippen molar-refractivity contribution in [1.82, 2.24) is 24.6 Å². The van der Waals surface area contributed by atoms with Gasteiger partial charge in [0.1, 0.15) is 5.69 Å². The van der Waals surface area contributed by atoms with Gasteiger partial charge in [0.15, 0.2) is 0 Å². The van der Waals surface area contributed by atoms with Crippen LogP contribution in [0.5, 0.6) is 0 Å². The molecule has 242 valence electrons. The van der Waals surface area contributed by atoms with Crippen molar-refractivity contribution in [3.05, 3.63) is 173 Å². The van der Waals surface area contributed by atoms with Crippen molar-refractivity contribution in [2.45, 2.75) is 12.1 Å². The van der Waals surface area contributed by atoms with Crippen LogP contribution >= 0.6 is 0 Å². The molecule has 2 fully saturated rings. The van der Waals surface area contributed by atoms with Gasteiger partial charge in [0, 0.05) is 58.6 Å². The molecule has 0 spiro atoms. The molecule has 0 aliphatic carbocycles. The molecule has 2 aliphatic heterocycles. The van der Waals surface area contributed by atoms with Crippen molar-refractivity contribution >= 4 is 11.8 Å². The largest absolute Gasteiger partial charge is 0.336 e. The Morgan fingerprint density at radius 3 is 1.12 bits per heavy atom. The molecule has 3 heterocycles. The van der Waals surface area contributed by atoms with Crippen LogP contribution in [-0.4, -0.2) is 88.8 Å². The maximum absolute atomic E-state index is 13.5. The normalized spacial score (nSPS) is 16.0. The topological polar surface area (TPSA) is 60.0 Å². The third kappa shape index (κ3) is 6.93. The number of benzene rings is 4. The zero-order valence-corrected chi connectivity index (χ0v) is 27.1. The fourth-order valence-corrected chi connectivity index (χ4v) is 7.13. The highest BCUT2D eigenvalue weighted by atomic mass is 16.2. The smallest absolute Gasteiger partial charge is 0.272 e. The number of piperazine rings is 2. The molecule has 0 saturated carbocycles. The highest BCUT2D eigenvalue weighted by molar-refractivity contribution is 5.96. The number of hydrogen-bond donors (Lipinski definition) is 0. The predicted molar refractivity (Wildman–Crippen MR) is 189 cm³/mol. The van der Waals surface area contributed by atoms with Gasteiger partial charge in [-0.1, -0.05) is 121 Å². The predicted octanol–water partition coefficient (Wildman–Crippen LogP) is 6.18. The van der Waals surface area contributed by atoms with Crippen molar-refractivity contribution in [2.24, 2.45) is 0 Å². The number of hydrogen-bond acceptors (Lipinski definition) is 5. The molecule has 2 amide bonds. The first-order chi connectivity index (χ1) is 23.7. The third-order valence-electron chi connectivity index (χ3n) is 9.62. The van der Waals surface area contributed by atoms with Crippen LogP contribution in [0.3, 0.4) is 0 Å². The molecule has 7 heteroatoms. The summed E-state index contributed by atoms with van der Waals surface area (Å²) in [5.41, 5.74) is 5.89. The third-order valence-corrected chi connectivity index (χ3v) is 9.62. The van der Waals surface area contributed by atoms with Crippen molar-refractivity contribution in [3.63, 3.8) is 0 Å². The highest BCUT2D eigenvalue weighted by Crippen LogP contribution is 2.31. The van der Waals surface area contributed by atoms with E-state index in [0.717, 1.165) is 26.2 Å². The molecule has 0 bridgehead atoms. The number of nitrogens with zero attached hydrogens (tertiary/aromatic N) is 5. The van der Waals surface area contributed by atoms with E-state index in [9.17, 15) is 9.59 Å². The van der Waals surface area contributed by atoms with Gasteiger partial charge in [-0.3, -0.25) is 24.4 Å². The zero-order chi connectivity index (χ0) is 32.7. The summed E-state index contributed by atoms with van der Waals surface area (Å²) < 4.78 is 0. The summed E-state index contributed by atoms with van der Waals surface area (Å²) in [5, 5.41) is 0. The maximum Gasteiger partial charge on any atom is 0.272 e. The quantitative estimate of drug-likeness (QED) is 0.204. The fraction of sp³-hybridized carbons (Fsp3) is 0.244. The average Bonchev–Trinajstić information content (AvgIpc) is 3.17. The molecular formula is C41H41N5O2. The van der Waals surface area contributed by atoms with E-state index in [2.05, 4.69) is 112 Å². The standard InChI is InChI=1S/C41H41N5O2/c47-40(45-27-23-43(24-28-45)38(32-13-5-1-6-14-32)33-15-7-2-8-16-33)36-21-22-37(42-31-36)41(48)46-29-25-44(26-30-46)39(34-17-9-3-10-18-34)35-19-11-4-12-20-35/h1-22,31,38-39H,23-30H2. The molecule has 2 saturated heterocycles. The Morgan fingerprint density at radius 2 is 0.792 bits per heavy atom. The van der Waals surface area contributed by atoms with Gasteiger partial charge in [-0.15, -0.1) is 0 Å². The van der Waals surface area contributed by atoms with Gasteiger partial charge < -0.3 is 9.80 Å². The van der Waals surface area contributed by atoms with E-state index in [1.54, 1.807) is 18.3 Å². The summed E-state index contributed by atoms with van der Waals surface area (Å²) in [6.07, 6.45) is 1.57. The number of amides is 2. The van der Waals surface area contributed by atoms with Crippen molar-refractivity contribution in [3.8, 4) is 0 Å². The van der Waals surface area contributed by atoms with Gasteiger partial charge in [-0.2, -0.15) is 0 Å². The van der Waals surface area contributed by atoms with E-state index in [1.807, 2.05) is 34.1 Å². The highest BCUT2D eigenvalue weighted by Gasteiger charge is 2.31. The minimum Gasteiger partial charge on any atom is -0.336 e. The first kappa shape index (κ1) is 31.5. The molecule has 0 radical (unpaired) electrons. The van der Waals surface area contributed by atoms with Crippen LogP contribution in [0.2, 0.25) is 0 Å². The SMILES string of the molecule is O=C(c1ccc(C(=O)N2CCN(C(c3ccccc3)c3ccccc3)CC2)nc1)N1CCN(C(c2ccccc2)c2ccccc2)CC1. The van der Waals surface area contributed by atoms with Crippen LogP contribution in [-0.2, 0) is 0 Å². The van der Waals surface area contributed by atoms with E-state index in [0.29, 0.717) is 37.4 Å². The van der Waals surface area contributed by atoms with Gasteiger partial charge in [-0.25, -0.2) is 0 Å². The lowest BCUT2D eigenvalue weighted by Crippen LogP contribution is -2.50. The molecule has 2 aliphatic rings. The van der Waals surface area contributed by atoms with Gasteiger partial charge in [-0.05, 0) is 34.4 Å². The van der Waals surface area contributed by atoms with Crippen molar-refractivity contribution in [2.75, 3.05) is 52.4 Å². The zero-order valence-electron chi connectivity index (χ0n) is 27.1. The summed E-state index contributed by atoms with van der Waals surface area (Å²) in [6, 6.07) is 46.0. The van der Waals surface area contributed by atoms with E-state index in [-0.39, 0.29) is 23.9 Å². The Morgan fingerprint density at radius 1 is 0.438 bits per heavy atom. The summed E-state index contributed by atoms with van der Waals surface area (Å²) in [5.74, 6) is -0.135. The fourth-order valence-electron chi connectivity index (χ4n) is 7.13. The Bertz CT molecular complexity index is 1560. The van der Waals surface area contributed by atoms with Crippen LogP contribution in [0.15, 0.2) is 140 Å². The second-order valence-corrected chi connectivity index (χ2v) is 12.5. The lowest BCUT2D eigenvalue weighted by molar-refractivity contribution is 0.0582. The number of carbonyl (C=O) groups is 2. The average molecular weight is 636 g/mol. The molecule has 7 rings (SSSR count). The summed E-state index contributed by atoms with van der Waals surface area (Å²) in [7, 11) is 0. The second kappa shape index (κ2) is 14.8. The second-order valence-electron chi connectivity index (χ2n) is 12.5. The number of carbonyl (C=O) groups excluding carboxylic acids is 2. The number of pyridine rings is 1. The van der Waals surface area contributed by atoms with Gasteiger partial charge in [0.25, 0.3) is 11.8 Å². The monoisotopic (exact) mass is 635 g/mol. The van der Waals surface area contributed by atoms with Gasteiger partial charge >= 0.3 is 0 Å². The minimum atomic E-state index is -0.0916. The van der Waals surface area contributed by atoms with E-state index in [1.165, 1.54) is 22.3 Å². The minimum absolute atomic E-state index is 0.0430. The van der Waals surface area contributed by atoms with Crippen LogP contribution in [0.1, 0.15) is 55.2 Å². The molecule has 0 atom stereocenters. The molecule has 5 aromatic rings. The number of rotatable bonds is 8. The van der Waals surface area contributed by atoms with Gasteiger partial charge in [0.2, 0.25) is 0 Å². The maximum atomic E-state index is 13.5. The molecule has 48 heavy (non-hydrogen) atoms.